The lowest BCUT2D eigenvalue weighted by molar-refractivity contribution is -0.438. The van der Waals surface area contributed by atoms with Gasteiger partial charge in [-0.3, -0.25) is 27.9 Å². The van der Waals surface area contributed by atoms with Crippen molar-refractivity contribution in [2.24, 2.45) is 5.11 Å². The van der Waals surface area contributed by atoms with Crippen LogP contribution in [-0.2, 0) is 77.0 Å². The summed E-state index contributed by atoms with van der Waals surface area (Å²) in [7, 11) is -23.6. The summed E-state index contributed by atoms with van der Waals surface area (Å²) in [6, 6.07) is 9.06. The molecule has 472 valence electrons. The minimum atomic E-state index is -5.82. The maximum atomic E-state index is 12.8. The van der Waals surface area contributed by atoms with Crippen molar-refractivity contribution >= 4 is 111 Å². The van der Waals surface area contributed by atoms with Crippen molar-refractivity contribution in [3.05, 3.63) is 100.0 Å². The number of hydrogen-bond donors (Lipinski definition) is 9. The first-order valence-corrected chi connectivity index (χ1v) is 35.9. The Morgan fingerprint density at radius 2 is 1.67 bits per heavy atom. The SMILES string of the molecule is CCN1C(=C/C=C/C2=[N+](CCCCCC(=O)NSSCCC(=O)NCC#Cc3cn(C4CC(OCN=[N+]=[N-])C(COP(=O)(O)OP(=O)(O)OP(=O)(O)O)O4)c4ncnc(N)c34)c3ccc(S(=O)(=O)O)cc3C2(C)C)C(C)(C)c2cc(S(=O)(=O)O)ccc21. The molecule has 10 N–H and O–H groups in total. The number of nitrogens with one attached hydrogen (secondary N) is 2. The van der Waals surface area contributed by atoms with Gasteiger partial charge in [-0.25, -0.2) is 23.7 Å². The molecule has 2 amide bonds. The molecule has 1 saturated heterocycles. The van der Waals surface area contributed by atoms with E-state index >= 15 is 0 Å². The van der Waals surface area contributed by atoms with Gasteiger partial charge in [-0.1, -0.05) is 47.7 Å². The van der Waals surface area contributed by atoms with E-state index in [0.717, 1.165) is 39.3 Å². The normalized spacial score (nSPS) is 20.0. The van der Waals surface area contributed by atoms with Gasteiger partial charge in [0.05, 0.1) is 45.4 Å². The van der Waals surface area contributed by atoms with E-state index in [1.54, 1.807) is 12.1 Å². The number of azide groups is 1. The molecule has 5 unspecified atom stereocenters. The third kappa shape index (κ3) is 17.5. The molecule has 5 atom stereocenters. The summed E-state index contributed by atoms with van der Waals surface area (Å²) in [6.45, 7) is 9.46. The summed E-state index contributed by atoms with van der Waals surface area (Å²) in [5, 5.41) is 6.30. The highest BCUT2D eigenvalue weighted by Gasteiger charge is 2.47. The summed E-state index contributed by atoms with van der Waals surface area (Å²) in [6.07, 6.45) is 7.37. The number of nitrogens with two attached hydrogens (primary N) is 1. The lowest BCUT2D eigenvalue weighted by Gasteiger charge is -2.25. The molecule has 2 aromatic heterocycles. The fraction of sp³-hybridized carbons (Fsp3) is 0.449. The van der Waals surface area contributed by atoms with Gasteiger partial charge in [0.25, 0.3) is 20.2 Å². The number of nitrogens with zero attached hydrogens (tertiary/aromatic N) is 8. The highest BCUT2D eigenvalue weighted by atomic mass is 33.1. The summed E-state index contributed by atoms with van der Waals surface area (Å²) in [5.41, 5.74) is 18.9. The first-order valence-electron chi connectivity index (χ1n) is 26.2. The Kier molecular flexibility index (Phi) is 22.3. The summed E-state index contributed by atoms with van der Waals surface area (Å²) < 4.78 is 134. The number of fused-ring (bicyclic) bond motifs is 3. The van der Waals surface area contributed by atoms with E-state index in [4.69, 9.17) is 35.0 Å². The first-order chi connectivity index (χ1) is 40.7. The minimum absolute atomic E-state index is 0.0300. The molecule has 4 aromatic rings. The number of phosphoric acid groups is 3. The zero-order valence-electron chi connectivity index (χ0n) is 47.1. The number of rotatable bonds is 28. The zero-order chi connectivity index (χ0) is 63.9. The Morgan fingerprint density at radius 1 is 0.966 bits per heavy atom. The molecule has 3 aliphatic heterocycles. The maximum Gasteiger partial charge on any atom is 0.490 e. The van der Waals surface area contributed by atoms with Crippen molar-refractivity contribution in [2.75, 3.05) is 49.4 Å². The van der Waals surface area contributed by atoms with Crippen LogP contribution in [-0.4, -0.2) is 133 Å². The maximum absolute atomic E-state index is 12.8. The number of phosphoric ester groups is 1. The summed E-state index contributed by atoms with van der Waals surface area (Å²) >= 11 is 0. The molecule has 0 bridgehead atoms. The number of ether oxygens (including phenoxy) is 2. The van der Waals surface area contributed by atoms with Crippen LogP contribution in [0.15, 0.2) is 87.8 Å². The molecule has 0 radical (unpaired) electrons. The van der Waals surface area contributed by atoms with Gasteiger partial charge in [0.15, 0.2) is 5.71 Å². The fourth-order valence-electron chi connectivity index (χ4n) is 10.1. The number of allylic oxidation sites excluding steroid dienone is 4. The number of likely N-dealkylation sites (N-methyl/N-ethyl adjacent to an activating group) is 1. The van der Waals surface area contributed by atoms with E-state index in [9.17, 15) is 59.0 Å². The van der Waals surface area contributed by atoms with Crippen molar-refractivity contribution < 1.29 is 96.0 Å². The van der Waals surface area contributed by atoms with Crippen LogP contribution >= 0.6 is 45.2 Å². The monoisotopic (exact) mass is 1350 g/mol. The van der Waals surface area contributed by atoms with Crippen molar-refractivity contribution in [3.8, 4) is 11.8 Å². The molecule has 0 spiro atoms. The Bertz CT molecular complexity index is 3920. The van der Waals surface area contributed by atoms with Crippen molar-refractivity contribution in [1.29, 1.82) is 0 Å². The number of carbonyl (C=O) groups is 2. The number of aromatic nitrogens is 3. The molecule has 87 heavy (non-hydrogen) atoms. The molecular formula is C49H63N11O20P3S4+. The largest absolute Gasteiger partial charge is 0.490 e. The second kappa shape index (κ2) is 28.1. The topological polar surface area (TPSA) is 457 Å². The number of nitrogen functional groups attached to an aromatic ring is 1. The molecule has 0 saturated carbocycles. The quantitative estimate of drug-likeness (QED) is 0.00265. The Labute approximate surface area is 507 Å². The fourth-order valence-corrected chi connectivity index (χ4v) is 15.7. The third-order valence-electron chi connectivity index (χ3n) is 14.0. The standard InChI is InChI=1S/C49H62N11O20P3S4/c1-6-58-36-18-16-32(86(70,71)72)24-34(36)48(2,3)40(58)13-10-14-41-49(4,5)35-25-33(87(73,74)75)17-19-37(35)59(41)22-9-7-8-15-43(62)56-85-84-23-20-42(61)52-21-11-12-31-27-60(47-45(31)46(50)53-29-54-47)44-26-38(76-30-55-57-51)39(78-44)28-77-82(66,67)80-83(68,69)79-81(63,64)65/h10,13-14,16-19,24-25,27,29,38-39,44H,6-9,15,20-23,26,28,30H2,1-5H3,(H9-,50,52,53,54,56,61,62,63,64,65,66,67,68,69,70,71,72,73,74,75)/p+1. The predicted molar refractivity (Wildman–Crippen MR) is 319 cm³/mol. The number of amides is 2. The molecule has 0 aliphatic carbocycles. The third-order valence-corrected chi connectivity index (χ3v) is 21.4. The number of benzene rings is 2. The number of carbonyl (C=O) groups excluding carboxylic acids is 2. The van der Waals surface area contributed by atoms with Crippen LogP contribution in [0.1, 0.15) is 96.1 Å². The van der Waals surface area contributed by atoms with Crippen LogP contribution in [0.2, 0.25) is 0 Å². The van der Waals surface area contributed by atoms with E-state index in [1.165, 1.54) is 52.2 Å². The number of anilines is 2. The van der Waals surface area contributed by atoms with E-state index in [1.807, 2.05) is 52.8 Å². The van der Waals surface area contributed by atoms with E-state index < -0.39 is 86.3 Å². The Morgan fingerprint density at radius 3 is 2.34 bits per heavy atom. The van der Waals surface area contributed by atoms with Gasteiger partial charge < -0.3 is 49.6 Å². The second-order valence-corrected chi connectivity index (χ2v) is 30.0. The average molecular weight is 1350 g/mol. The molecule has 5 heterocycles. The summed E-state index contributed by atoms with van der Waals surface area (Å²) in [4.78, 5) is 75.3. The van der Waals surface area contributed by atoms with Crippen LogP contribution in [0.4, 0.5) is 17.2 Å². The van der Waals surface area contributed by atoms with Gasteiger partial charge in [0.1, 0.15) is 43.4 Å². The van der Waals surface area contributed by atoms with Crippen LogP contribution in [0, 0.1) is 11.8 Å². The number of hydrogen-bond acceptors (Lipinski definition) is 21. The molecule has 31 nitrogen and oxygen atoms in total. The van der Waals surface area contributed by atoms with E-state index in [2.05, 4.69) is 60.0 Å². The van der Waals surface area contributed by atoms with Crippen LogP contribution in [0.25, 0.3) is 21.5 Å². The average Bonchev–Trinajstić information content (AvgIpc) is 1.62. The highest BCUT2D eigenvalue weighted by molar-refractivity contribution is 8.76. The lowest BCUT2D eigenvalue weighted by atomic mass is 9.81. The number of unbranched alkanes of at least 4 members (excludes halogenated alkanes) is 2. The Hall–Kier alpha value is -5.53. The van der Waals surface area contributed by atoms with Gasteiger partial charge in [-0.15, -0.1) is 0 Å². The molecule has 3 aliphatic rings. The summed E-state index contributed by atoms with van der Waals surface area (Å²) in [5.74, 6) is 5.60. The first kappa shape index (κ1) is 69.0. The van der Waals surface area contributed by atoms with E-state index in [0.29, 0.717) is 54.6 Å². The molecule has 7 rings (SSSR count). The molecule has 38 heteroatoms. The van der Waals surface area contributed by atoms with Crippen molar-refractivity contribution in [1.82, 2.24) is 24.6 Å². The molecule has 2 aromatic carbocycles. The zero-order valence-corrected chi connectivity index (χ0v) is 53.0. The van der Waals surface area contributed by atoms with Gasteiger partial charge in [-0.2, -0.15) is 30.0 Å². The van der Waals surface area contributed by atoms with Crippen molar-refractivity contribution in [2.45, 2.75) is 112 Å². The Balaban J connectivity index is 0.885. The van der Waals surface area contributed by atoms with Gasteiger partial charge >= 0.3 is 23.5 Å². The van der Waals surface area contributed by atoms with Crippen LogP contribution < -0.4 is 20.7 Å². The second-order valence-electron chi connectivity index (χ2n) is 20.5. The van der Waals surface area contributed by atoms with Crippen LogP contribution in [0.3, 0.4) is 0 Å². The minimum Gasteiger partial charge on any atom is -0.383 e. The smallest absolute Gasteiger partial charge is 0.383 e. The highest BCUT2D eigenvalue weighted by Crippen LogP contribution is 2.66. The van der Waals surface area contributed by atoms with Gasteiger partial charge in [0, 0.05) is 94.6 Å². The van der Waals surface area contributed by atoms with E-state index in [-0.39, 0.29) is 58.9 Å². The van der Waals surface area contributed by atoms with Gasteiger partial charge in [-0.05, 0) is 81.1 Å². The van der Waals surface area contributed by atoms with Crippen LogP contribution in [0.5, 0.6) is 0 Å². The lowest BCUT2D eigenvalue weighted by Crippen LogP contribution is -2.29. The van der Waals surface area contributed by atoms with Crippen molar-refractivity contribution in [3.63, 3.8) is 0 Å². The molecule has 1 fully saturated rings. The molecular weight excluding hydrogens is 1280 g/mol. The van der Waals surface area contributed by atoms with Gasteiger partial charge in [0.2, 0.25) is 17.5 Å². The predicted octanol–water partition coefficient (Wildman–Crippen LogP) is 6.96.